The van der Waals surface area contributed by atoms with Crippen molar-refractivity contribution in [3.05, 3.63) is 41.9 Å². The summed E-state index contributed by atoms with van der Waals surface area (Å²) in [6, 6.07) is 4.11. The first-order valence-electron chi connectivity index (χ1n) is 5.85. The summed E-state index contributed by atoms with van der Waals surface area (Å²) in [6.45, 7) is 0.893. The number of aryl methyl sites for hydroxylation is 1. The number of benzene rings is 1. The standard InChI is InChI=1S/C13H15F2N3/c1-16-7-3-6-12-17-8-11(18-12)9-4-2-5-10(14)13(9)15/h2,4-5,8,16H,3,6-7H2,1H3,(H,17,18). The molecular formula is C13H15F2N3. The first-order valence-corrected chi connectivity index (χ1v) is 5.85. The number of H-pyrrole nitrogens is 1. The molecule has 1 heterocycles. The number of halogens is 2. The van der Waals surface area contributed by atoms with E-state index in [0.29, 0.717) is 5.69 Å². The van der Waals surface area contributed by atoms with Crippen LogP contribution in [0.3, 0.4) is 0 Å². The second-order valence-electron chi connectivity index (χ2n) is 4.05. The zero-order valence-corrected chi connectivity index (χ0v) is 10.1. The highest BCUT2D eigenvalue weighted by atomic mass is 19.2. The van der Waals surface area contributed by atoms with E-state index >= 15 is 0 Å². The molecule has 0 spiro atoms. The van der Waals surface area contributed by atoms with E-state index in [4.69, 9.17) is 0 Å². The lowest BCUT2D eigenvalue weighted by Gasteiger charge is -2.00. The molecule has 0 saturated heterocycles. The lowest BCUT2D eigenvalue weighted by Crippen LogP contribution is -2.08. The highest BCUT2D eigenvalue weighted by Crippen LogP contribution is 2.22. The second-order valence-corrected chi connectivity index (χ2v) is 4.05. The van der Waals surface area contributed by atoms with Crippen molar-refractivity contribution in [1.29, 1.82) is 0 Å². The molecule has 0 aliphatic carbocycles. The quantitative estimate of drug-likeness (QED) is 0.802. The largest absolute Gasteiger partial charge is 0.342 e. The molecule has 1 aromatic carbocycles. The summed E-state index contributed by atoms with van der Waals surface area (Å²) in [5.41, 5.74) is 0.717. The topological polar surface area (TPSA) is 40.7 Å². The molecule has 1 aromatic heterocycles. The van der Waals surface area contributed by atoms with Gasteiger partial charge in [-0.25, -0.2) is 13.8 Å². The molecular weight excluding hydrogens is 236 g/mol. The fraction of sp³-hybridized carbons (Fsp3) is 0.308. The summed E-state index contributed by atoms with van der Waals surface area (Å²) in [6.07, 6.45) is 3.25. The van der Waals surface area contributed by atoms with Gasteiger partial charge in [0.25, 0.3) is 0 Å². The molecule has 96 valence electrons. The van der Waals surface area contributed by atoms with E-state index in [-0.39, 0.29) is 5.56 Å². The van der Waals surface area contributed by atoms with Gasteiger partial charge >= 0.3 is 0 Å². The Kier molecular flexibility index (Phi) is 4.04. The average molecular weight is 251 g/mol. The van der Waals surface area contributed by atoms with Crippen molar-refractivity contribution < 1.29 is 8.78 Å². The summed E-state index contributed by atoms with van der Waals surface area (Å²) in [5, 5.41) is 3.04. The lowest BCUT2D eigenvalue weighted by atomic mass is 10.1. The van der Waals surface area contributed by atoms with Gasteiger partial charge in [-0.2, -0.15) is 0 Å². The molecule has 0 unspecified atom stereocenters. The van der Waals surface area contributed by atoms with Gasteiger partial charge in [0.15, 0.2) is 11.6 Å². The molecule has 0 fully saturated rings. The molecule has 5 heteroatoms. The Morgan fingerprint density at radius 2 is 2.17 bits per heavy atom. The average Bonchev–Trinajstić information content (AvgIpc) is 2.82. The predicted octanol–water partition coefficient (Wildman–Crippen LogP) is 2.51. The SMILES string of the molecule is CNCCCc1ncc(-c2cccc(F)c2F)[nH]1. The van der Waals surface area contributed by atoms with Gasteiger partial charge in [-0.15, -0.1) is 0 Å². The number of hydrogen-bond acceptors (Lipinski definition) is 2. The number of rotatable bonds is 5. The van der Waals surface area contributed by atoms with E-state index in [0.717, 1.165) is 31.3 Å². The number of nitrogens with one attached hydrogen (secondary N) is 2. The Hall–Kier alpha value is -1.75. The molecule has 0 amide bonds. The van der Waals surface area contributed by atoms with E-state index in [9.17, 15) is 8.78 Å². The summed E-state index contributed by atoms with van der Waals surface area (Å²) < 4.78 is 26.7. The molecule has 2 rings (SSSR count). The fourth-order valence-electron chi connectivity index (χ4n) is 1.77. The van der Waals surface area contributed by atoms with Crippen LogP contribution in [0.15, 0.2) is 24.4 Å². The predicted molar refractivity (Wildman–Crippen MR) is 66.2 cm³/mol. The molecule has 18 heavy (non-hydrogen) atoms. The van der Waals surface area contributed by atoms with Gasteiger partial charge in [-0.05, 0) is 32.1 Å². The number of nitrogens with zero attached hydrogens (tertiary/aromatic N) is 1. The Morgan fingerprint density at radius 1 is 1.33 bits per heavy atom. The first-order chi connectivity index (χ1) is 8.72. The van der Waals surface area contributed by atoms with Gasteiger partial charge in [-0.3, -0.25) is 0 Å². The minimum absolute atomic E-state index is 0.211. The van der Waals surface area contributed by atoms with E-state index in [1.54, 1.807) is 0 Å². The van der Waals surface area contributed by atoms with Gasteiger partial charge in [0.1, 0.15) is 5.82 Å². The zero-order valence-electron chi connectivity index (χ0n) is 10.1. The molecule has 2 N–H and O–H groups in total. The Labute approximate surface area is 104 Å². The minimum atomic E-state index is -0.848. The lowest BCUT2D eigenvalue weighted by molar-refractivity contribution is 0.511. The van der Waals surface area contributed by atoms with Crippen LogP contribution in [0.2, 0.25) is 0 Å². The summed E-state index contributed by atoms with van der Waals surface area (Å²) in [5.74, 6) is -0.911. The van der Waals surface area contributed by atoms with E-state index in [2.05, 4.69) is 15.3 Å². The van der Waals surface area contributed by atoms with Gasteiger partial charge in [-0.1, -0.05) is 6.07 Å². The van der Waals surface area contributed by atoms with Crippen molar-refractivity contribution in [2.45, 2.75) is 12.8 Å². The smallest absolute Gasteiger partial charge is 0.168 e. The summed E-state index contributed by atoms with van der Waals surface area (Å²) in [4.78, 5) is 7.17. The third-order valence-electron chi connectivity index (χ3n) is 2.71. The summed E-state index contributed by atoms with van der Waals surface area (Å²) >= 11 is 0. The van der Waals surface area contributed by atoms with E-state index < -0.39 is 11.6 Å². The highest BCUT2D eigenvalue weighted by Gasteiger charge is 2.11. The second kappa shape index (κ2) is 5.73. The number of hydrogen-bond donors (Lipinski definition) is 2. The fourth-order valence-corrected chi connectivity index (χ4v) is 1.77. The third kappa shape index (κ3) is 2.73. The molecule has 0 bridgehead atoms. The highest BCUT2D eigenvalue weighted by molar-refractivity contribution is 5.59. The molecule has 0 aliphatic heterocycles. The Balaban J connectivity index is 2.16. The molecule has 0 radical (unpaired) electrons. The molecule has 3 nitrogen and oxygen atoms in total. The Morgan fingerprint density at radius 3 is 2.94 bits per heavy atom. The molecule has 0 saturated carbocycles. The first kappa shape index (κ1) is 12.7. The van der Waals surface area contributed by atoms with Crippen molar-refractivity contribution in [3.63, 3.8) is 0 Å². The summed E-state index contributed by atoms with van der Waals surface area (Å²) in [7, 11) is 1.88. The maximum atomic E-state index is 13.6. The van der Waals surface area contributed by atoms with Crippen molar-refractivity contribution in [2.75, 3.05) is 13.6 Å². The van der Waals surface area contributed by atoms with E-state index in [1.165, 1.54) is 18.3 Å². The van der Waals surface area contributed by atoms with Crippen LogP contribution in [-0.2, 0) is 6.42 Å². The minimum Gasteiger partial charge on any atom is -0.342 e. The van der Waals surface area contributed by atoms with Crippen molar-refractivity contribution in [1.82, 2.24) is 15.3 Å². The van der Waals surface area contributed by atoms with Crippen LogP contribution < -0.4 is 5.32 Å². The van der Waals surface area contributed by atoms with Crippen molar-refractivity contribution >= 4 is 0 Å². The van der Waals surface area contributed by atoms with Crippen LogP contribution in [0.1, 0.15) is 12.2 Å². The maximum absolute atomic E-state index is 13.6. The van der Waals surface area contributed by atoms with Crippen LogP contribution in [0, 0.1) is 11.6 Å². The van der Waals surface area contributed by atoms with Gasteiger partial charge < -0.3 is 10.3 Å². The number of aromatic amines is 1. The van der Waals surface area contributed by atoms with E-state index in [1.807, 2.05) is 7.05 Å². The van der Waals surface area contributed by atoms with Gasteiger partial charge in [0.2, 0.25) is 0 Å². The van der Waals surface area contributed by atoms with Crippen LogP contribution >= 0.6 is 0 Å². The normalized spacial score (nSPS) is 10.8. The zero-order chi connectivity index (χ0) is 13.0. The third-order valence-corrected chi connectivity index (χ3v) is 2.71. The van der Waals surface area contributed by atoms with Gasteiger partial charge in [0, 0.05) is 12.0 Å². The number of aromatic nitrogens is 2. The van der Waals surface area contributed by atoms with Gasteiger partial charge in [0.05, 0.1) is 11.9 Å². The monoisotopic (exact) mass is 251 g/mol. The molecule has 2 aromatic rings. The Bertz CT molecular complexity index is 523. The molecule has 0 aliphatic rings. The van der Waals surface area contributed by atoms with Crippen LogP contribution in [0.5, 0.6) is 0 Å². The maximum Gasteiger partial charge on any atom is 0.168 e. The molecule has 0 atom stereocenters. The van der Waals surface area contributed by atoms with Crippen LogP contribution in [-0.4, -0.2) is 23.6 Å². The van der Waals surface area contributed by atoms with Crippen molar-refractivity contribution in [3.8, 4) is 11.3 Å². The van der Waals surface area contributed by atoms with Crippen molar-refractivity contribution in [2.24, 2.45) is 0 Å². The van der Waals surface area contributed by atoms with Crippen LogP contribution in [0.25, 0.3) is 11.3 Å². The van der Waals surface area contributed by atoms with Crippen LogP contribution in [0.4, 0.5) is 8.78 Å². The number of imidazole rings is 1.